The second-order valence-corrected chi connectivity index (χ2v) is 7.48. The molecule has 2 aromatic rings. The molecule has 1 saturated heterocycles. The first kappa shape index (κ1) is 23.2. The Kier molecular flexibility index (Phi) is 9.27. The van der Waals surface area contributed by atoms with Crippen LogP contribution in [-0.4, -0.2) is 57.4 Å². The van der Waals surface area contributed by atoms with Crippen LogP contribution in [0.25, 0.3) is 0 Å². The maximum atomic E-state index is 13.4. The van der Waals surface area contributed by atoms with E-state index in [9.17, 15) is 4.39 Å². The summed E-state index contributed by atoms with van der Waals surface area (Å²) in [6.07, 6.45) is 0. The van der Waals surface area contributed by atoms with Crippen LogP contribution in [0.1, 0.15) is 29.7 Å². The number of hydrogen-bond donors (Lipinski definition) is 2. The maximum Gasteiger partial charge on any atom is 0.191 e. The molecule has 0 bridgehead atoms. The summed E-state index contributed by atoms with van der Waals surface area (Å²) in [5, 5.41) is 6.80. The minimum Gasteiger partial charge on any atom is -0.379 e. The van der Waals surface area contributed by atoms with E-state index >= 15 is 0 Å². The van der Waals surface area contributed by atoms with E-state index in [0.29, 0.717) is 39.5 Å². The molecule has 6 nitrogen and oxygen atoms in total. The first-order chi connectivity index (χ1) is 15.2. The molecule has 0 spiro atoms. The van der Waals surface area contributed by atoms with E-state index < -0.39 is 0 Å². The zero-order chi connectivity index (χ0) is 21.9. The van der Waals surface area contributed by atoms with Crippen LogP contribution in [0.5, 0.6) is 0 Å². The molecule has 7 heteroatoms. The van der Waals surface area contributed by atoms with Crippen LogP contribution >= 0.6 is 0 Å². The lowest BCUT2D eigenvalue weighted by molar-refractivity contribution is 0.0170. The number of nitrogens with one attached hydrogen (secondary N) is 2. The monoisotopic (exact) mass is 428 g/mol. The van der Waals surface area contributed by atoms with Gasteiger partial charge in [-0.05, 0) is 35.7 Å². The van der Waals surface area contributed by atoms with E-state index in [0.717, 1.165) is 24.6 Å². The fourth-order valence-electron chi connectivity index (χ4n) is 3.60. The number of halogens is 1. The summed E-state index contributed by atoms with van der Waals surface area (Å²) in [4.78, 5) is 6.73. The Bertz CT molecular complexity index is 805. The van der Waals surface area contributed by atoms with Crippen LogP contribution in [0, 0.1) is 5.82 Å². The predicted octanol–water partition coefficient (Wildman–Crippen LogP) is 3.10. The van der Waals surface area contributed by atoms with Crippen LogP contribution in [0.2, 0.25) is 0 Å². The van der Waals surface area contributed by atoms with E-state index in [1.807, 2.05) is 19.1 Å². The first-order valence-corrected chi connectivity index (χ1v) is 10.9. The fourth-order valence-corrected chi connectivity index (χ4v) is 3.60. The van der Waals surface area contributed by atoms with Crippen molar-refractivity contribution < 1.29 is 13.9 Å². The van der Waals surface area contributed by atoms with Gasteiger partial charge in [0.25, 0.3) is 0 Å². The van der Waals surface area contributed by atoms with Gasteiger partial charge in [-0.1, -0.05) is 36.4 Å². The van der Waals surface area contributed by atoms with Gasteiger partial charge in [0.15, 0.2) is 5.96 Å². The van der Waals surface area contributed by atoms with Crippen molar-refractivity contribution >= 4 is 5.96 Å². The second-order valence-electron chi connectivity index (χ2n) is 7.48. The van der Waals surface area contributed by atoms with E-state index in [1.165, 1.54) is 23.3 Å². The highest BCUT2D eigenvalue weighted by atomic mass is 19.1. The summed E-state index contributed by atoms with van der Waals surface area (Å²) in [5.41, 5.74) is 3.42. The Balaban J connectivity index is 1.56. The van der Waals surface area contributed by atoms with Gasteiger partial charge in [0.2, 0.25) is 0 Å². The van der Waals surface area contributed by atoms with Crippen molar-refractivity contribution in [1.82, 2.24) is 15.5 Å². The average Bonchev–Trinajstić information content (AvgIpc) is 2.82. The minimum atomic E-state index is -0.220. The lowest BCUT2D eigenvalue weighted by atomic mass is 10.0. The molecule has 1 aliphatic heterocycles. The molecule has 0 amide bonds. The van der Waals surface area contributed by atoms with Crippen molar-refractivity contribution in [3.05, 3.63) is 71.0 Å². The van der Waals surface area contributed by atoms with Gasteiger partial charge in [0.1, 0.15) is 5.82 Å². The highest BCUT2D eigenvalue weighted by Gasteiger charge is 2.23. The topological polar surface area (TPSA) is 58.1 Å². The van der Waals surface area contributed by atoms with Gasteiger partial charge in [-0.25, -0.2) is 4.39 Å². The summed E-state index contributed by atoms with van der Waals surface area (Å²) < 4.78 is 24.4. The number of benzene rings is 2. The Hall–Kier alpha value is -2.48. The standard InChI is InChI=1S/C24H33FN4O2/c1-3-30-18-20-6-4-19(5-7-20)16-27-24(26-2)28-17-23(29-12-14-31-15-13-29)21-8-10-22(25)11-9-21/h4-11,23H,3,12-18H2,1-2H3,(H2,26,27,28). The Morgan fingerprint density at radius 3 is 2.39 bits per heavy atom. The zero-order valence-electron chi connectivity index (χ0n) is 18.4. The second kappa shape index (κ2) is 12.4. The van der Waals surface area contributed by atoms with Crippen LogP contribution in [0.3, 0.4) is 0 Å². The van der Waals surface area contributed by atoms with Crippen LogP contribution in [-0.2, 0) is 22.6 Å². The smallest absolute Gasteiger partial charge is 0.191 e. The number of guanidine groups is 1. The van der Waals surface area contributed by atoms with E-state index in [4.69, 9.17) is 9.47 Å². The number of aliphatic imine (C=N–C) groups is 1. The van der Waals surface area contributed by atoms with Gasteiger partial charge in [-0.15, -0.1) is 0 Å². The first-order valence-electron chi connectivity index (χ1n) is 10.9. The Morgan fingerprint density at radius 1 is 1.06 bits per heavy atom. The van der Waals surface area contributed by atoms with Crippen molar-refractivity contribution in [2.24, 2.45) is 4.99 Å². The van der Waals surface area contributed by atoms with Gasteiger partial charge in [-0.3, -0.25) is 9.89 Å². The third kappa shape index (κ3) is 7.31. The van der Waals surface area contributed by atoms with Crippen LogP contribution in [0.4, 0.5) is 4.39 Å². The number of nitrogens with zero attached hydrogens (tertiary/aromatic N) is 2. The van der Waals surface area contributed by atoms with Gasteiger partial charge in [-0.2, -0.15) is 0 Å². The molecule has 1 aliphatic rings. The number of rotatable bonds is 9. The molecule has 0 saturated carbocycles. The summed E-state index contributed by atoms with van der Waals surface area (Å²) in [5.74, 6) is 0.515. The lowest BCUT2D eigenvalue weighted by Crippen LogP contribution is -2.46. The Labute approximate surface area is 184 Å². The minimum absolute atomic E-state index is 0.112. The molecule has 168 valence electrons. The molecule has 1 atom stereocenters. The molecule has 2 aromatic carbocycles. The third-order valence-corrected chi connectivity index (χ3v) is 5.38. The van der Waals surface area contributed by atoms with Crippen molar-refractivity contribution in [1.29, 1.82) is 0 Å². The van der Waals surface area contributed by atoms with E-state index in [2.05, 4.69) is 44.8 Å². The highest BCUT2D eigenvalue weighted by molar-refractivity contribution is 5.79. The molecule has 1 unspecified atom stereocenters. The SMILES string of the molecule is CCOCc1ccc(CNC(=NC)NCC(c2ccc(F)cc2)N2CCOCC2)cc1. The lowest BCUT2D eigenvalue weighted by Gasteiger charge is -2.35. The number of ether oxygens (including phenoxy) is 2. The van der Waals surface area contributed by atoms with E-state index in [-0.39, 0.29) is 11.9 Å². The highest BCUT2D eigenvalue weighted by Crippen LogP contribution is 2.21. The van der Waals surface area contributed by atoms with Crippen LogP contribution in [0.15, 0.2) is 53.5 Å². The summed E-state index contributed by atoms with van der Waals surface area (Å²) in [7, 11) is 1.77. The molecule has 2 N–H and O–H groups in total. The van der Waals surface area contributed by atoms with Gasteiger partial charge < -0.3 is 20.1 Å². The third-order valence-electron chi connectivity index (χ3n) is 5.38. The van der Waals surface area contributed by atoms with Crippen molar-refractivity contribution in [3.8, 4) is 0 Å². The van der Waals surface area contributed by atoms with Crippen molar-refractivity contribution in [2.75, 3.05) is 46.5 Å². The summed E-state index contributed by atoms with van der Waals surface area (Å²) in [6.45, 7) is 7.82. The van der Waals surface area contributed by atoms with Gasteiger partial charge in [0.05, 0.1) is 25.9 Å². The normalized spacial score (nSPS) is 16.2. The van der Waals surface area contributed by atoms with E-state index in [1.54, 1.807) is 7.05 Å². The Morgan fingerprint density at radius 2 is 1.74 bits per heavy atom. The van der Waals surface area contributed by atoms with Gasteiger partial charge >= 0.3 is 0 Å². The van der Waals surface area contributed by atoms with Crippen LogP contribution < -0.4 is 10.6 Å². The molecule has 0 aliphatic carbocycles. The predicted molar refractivity (Wildman–Crippen MR) is 122 cm³/mol. The summed E-state index contributed by atoms with van der Waals surface area (Å²) in [6, 6.07) is 15.2. The average molecular weight is 429 g/mol. The zero-order valence-corrected chi connectivity index (χ0v) is 18.4. The van der Waals surface area contributed by atoms with Crippen molar-refractivity contribution in [3.63, 3.8) is 0 Å². The number of hydrogen-bond acceptors (Lipinski definition) is 4. The molecule has 1 fully saturated rings. The summed E-state index contributed by atoms with van der Waals surface area (Å²) >= 11 is 0. The molecule has 0 radical (unpaired) electrons. The van der Waals surface area contributed by atoms with Crippen molar-refractivity contribution in [2.45, 2.75) is 26.1 Å². The largest absolute Gasteiger partial charge is 0.379 e. The molecule has 0 aromatic heterocycles. The number of morpholine rings is 1. The quantitative estimate of drug-likeness (QED) is 0.475. The molecular formula is C24H33FN4O2. The molecular weight excluding hydrogens is 395 g/mol. The fraction of sp³-hybridized carbons (Fsp3) is 0.458. The molecule has 1 heterocycles. The molecule has 31 heavy (non-hydrogen) atoms. The van der Waals surface area contributed by atoms with Gasteiger partial charge in [0, 0.05) is 39.8 Å². The molecule has 3 rings (SSSR count). The maximum absolute atomic E-state index is 13.4.